The van der Waals surface area contributed by atoms with E-state index in [0.29, 0.717) is 18.0 Å². The minimum atomic E-state index is -0.410. The van der Waals surface area contributed by atoms with Crippen molar-refractivity contribution in [2.45, 2.75) is 32.7 Å². The zero-order chi connectivity index (χ0) is 18.5. The molecule has 0 bridgehead atoms. The molecular weight excluding hydrogens is 350 g/mol. The molecule has 1 aromatic carbocycles. The minimum absolute atomic E-state index is 0.226. The lowest BCUT2D eigenvalue weighted by atomic mass is 10.2. The monoisotopic (exact) mass is 373 g/mol. The predicted molar refractivity (Wildman–Crippen MR) is 101 cm³/mol. The molecule has 1 heterocycles. The van der Waals surface area contributed by atoms with Gasteiger partial charge in [0.1, 0.15) is 10.6 Å². The molecule has 0 aliphatic heterocycles. The molecule has 0 atom stereocenters. The van der Waals surface area contributed by atoms with Crippen molar-refractivity contribution in [3.05, 3.63) is 51.2 Å². The van der Waals surface area contributed by atoms with Gasteiger partial charge in [-0.25, -0.2) is 4.79 Å². The number of nitrogens with zero attached hydrogens (tertiary/aromatic N) is 1. The summed E-state index contributed by atoms with van der Waals surface area (Å²) in [6.07, 6.45) is 3.23. The highest BCUT2D eigenvalue weighted by Gasteiger charge is 2.20. The Hall–Kier alpha value is -2.34. The normalized spacial score (nSPS) is 12.5. The van der Waals surface area contributed by atoms with Crippen molar-refractivity contribution in [2.75, 3.05) is 20.3 Å². The van der Waals surface area contributed by atoms with Gasteiger partial charge in [-0.15, -0.1) is 11.3 Å². The van der Waals surface area contributed by atoms with E-state index in [-0.39, 0.29) is 12.5 Å². The largest absolute Gasteiger partial charge is 0.494 e. The second-order valence-corrected chi connectivity index (χ2v) is 7.45. The second kappa shape index (κ2) is 8.36. The molecule has 1 aliphatic rings. The number of carbonyl (C=O) groups is 2. The minimum Gasteiger partial charge on any atom is -0.494 e. The van der Waals surface area contributed by atoms with Gasteiger partial charge in [-0.2, -0.15) is 0 Å². The van der Waals surface area contributed by atoms with Crippen molar-refractivity contribution in [2.24, 2.45) is 0 Å². The van der Waals surface area contributed by atoms with Gasteiger partial charge in [0.05, 0.1) is 6.61 Å². The van der Waals surface area contributed by atoms with Crippen molar-refractivity contribution in [3.63, 3.8) is 0 Å². The van der Waals surface area contributed by atoms with E-state index in [1.165, 1.54) is 21.8 Å². The van der Waals surface area contributed by atoms with E-state index in [1.807, 2.05) is 37.3 Å². The fraction of sp³-hybridized carbons (Fsp3) is 0.400. The third-order valence-electron chi connectivity index (χ3n) is 4.35. The summed E-state index contributed by atoms with van der Waals surface area (Å²) in [5.74, 6) is 0.172. The Morgan fingerprint density at radius 3 is 2.65 bits per heavy atom. The zero-order valence-electron chi connectivity index (χ0n) is 15.1. The molecule has 0 spiro atoms. The summed E-state index contributed by atoms with van der Waals surface area (Å²) in [5.41, 5.74) is 2.24. The molecular formula is C20H23NO4S. The number of hydrogen-bond donors (Lipinski definition) is 0. The van der Waals surface area contributed by atoms with Crippen molar-refractivity contribution >= 4 is 23.2 Å². The quantitative estimate of drug-likeness (QED) is 0.698. The molecule has 0 radical (unpaired) electrons. The van der Waals surface area contributed by atoms with E-state index in [4.69, 9.17) is 9.47 Å². The van der Waals surface area contributed by atoms with Gasteiger partial charge in [0.15, 0.2) is 6.61 Å². The first-order valence-corrected chi connectivity index (χ1v) is 9.63. The average molecular weight is 373 g/mol. The number of benzene rings is 1. The number of ether oxygens (including phenoxy) is 2. The number of esters is 1. The number of aryl methyl sites for hydroxylation is 2. The number of thiophene rings is 1. The molecule has 138 valence electrons. The number of fused-ring (bicyclic) bond motifs is 1. The molecule has 3 rings (SSSR count). The molecule has 5 nitrogen and oxygen atoms in total. The van der Waals surface area contributed by atoms with Crippen molar-refractivity contribution in [1.82, 2.24) is 4.90 Å². The number of hydrogen-bond acceptors (Lipinski definition) is 5. The fourth-order valence-corrected chi connectivity index (χ4v) is 4.11. The predicted octanol–water partition coefficient (Wildman–Crippen LogP) is 3.45. The van der Waals surface area contributed by atoms with E-state index in [2.05, 4.69) is 0 Å². The summed E-state index contributed by atoms with van der Waals surface area (Å²) >= 11 is 1.49. The van der Waals surface area contributed by atoms with E-state index < -0.39 is 5.97 Å². The molecule has 6 heteroatoms. The SMILES string of the molecule is CCOc1ccc(CN(C)C(=O)COC(=O)c2cc3c(s2)CCC3)cc1. The van der Waals surface area contributed by atoms with Gasteiger partial charge in [-0.1, -0.05) is 12.1 Å². The van der Waals surface area contributed by atoms with Gasteiger partial charge in [0, 0.05) is 18.5 Å². The van der Waals surface area contributed by atoms with Crippen LogP contribution in [0.15, 0.2) is 30.3 Å². The van der Waals surface area contributed by atoms with Gasteiger partial charge < -0.3 is 14.4 Å². The van der Waals surface area contributed by atoms with Crippen LogP contribution >= 0.6 is 11.3 Å². The van der Waals surface area contributed by atoms with Crippen LogP contribution < -0.4 is 4.74 Å². The Bertz CT molecular complexity index is 760. The van der Waals surface area contributed by atoms with Crippen LogP contribution in [0, 0.1) is 0 Å². The highest BCUT2D eigenvalue weighted by atomic mass is 32.1. The van der Waals surface area contributed by atoms with E-state index in [0.717, 1.165) is 30.6 Å². The van der Waals surface area contributed by atoms with Gasteiger partial charge in [0.2, 0.25) is 0 Å². The third-order valence-corrected chi connectivity index (χ3v) is 5.57. The molecule has 0 fully saturated rings. The smallest absolute Gasteiger partial charge is 0.348 e. The van der Waals surface area contributed by atoms with Gasteiger partial charge in [-0.3, -0.25) is 4.79 Å². The number of likely N-dealkylation sites (N-methyl/N-ethyl adjacent to an activating group) is 1. The van der Waals surface area contributed by atoms with Gasteiger partial charge >= 0.3 is 5.97 Å². The first kappa shape index (κ1) is 18.5. The number of rotatable bonds is 7. The van der Waals surface area contributed by atoms with Crippen LogP contribution in [-0.4, -0.2) is 37.0 Å². The van der Waals surface area contributed by atoms with Crippen LogP contribution in [0.25, 0.3) is 0 Å². The van der Waals surface area contributed by atoms with Crippen molar-refractivity contribution in [1.29, 1.82) is 0 Å². The first-order valence-electron chi connectivity index (χ1n) is 8.81. The van der Waals surface area contributed by atoms with Crippen LogP contribution in [-0.2, 0) is 28.9 Å². The standard InChI is InChI=1S/C20H23NO4S/c1-3-24-16-9-7-14(8-10-16)12-21(2)19(22)13-25-20(23)18-11-15-5-4-6-17(15)26-18/h7-11H,3-6,12-13H2,1-2H3. The Balaban J connectivity index is 1.48. The molecule has 1 amide bonds. The first-order chi connectivity index (χ1) is 12.6. The Labute approximate surface area is 157 Å². The molecule has 2 aromatic rings. The van der Waals surface area contributed by atoms with E-state index >= 15 is 0 Å². The Morgan fingerprint density at radius 1 is 1.19 bits per heavy atom. The molecule has 1 aliphatic carbocycles. The summed E-state index contributed by atoms with van der Waals surface area (Å²) < 4.78 is 10.6. The summed E-state index contributed by atoms with van der Waals surface area (Å²) in [6.45, 7) is 2.77. The van der Waals surface area contributed by atoms with Crippen LogP contribution in [0.1, 0.15) is 39.0 Å². The maximum absolute atomic E-state index is 12.2. The highest BCUT2D eigenvalue weighted by Crippen LogP contribution is 2.30. The lowest BCUT2D eigenvalue weighted by Gasteiger charge is -2.17. The average Bonchev–Trinajstić information content (AvgIpc) is 3.23. The lowest BCUT2D eigenvalue weighted by Crippen LogP contribution is -2.30. The van der Waals surface area contributed by atoms with Crippen LogP contribution in [0.2, 0.25) is 0 Å². The number of carbonyl (C=O) groups excluding carboxylic acids is 2. The molecule has 0 saturated heterocycles. The van der Waals surface area contributed by atoms with Crippen LogP contribution in [0.3, 0.4) is 0 Å². The Kier molecular flexibility index (Phi) is 5.93. The maximum Gasteiger partial charge on any atom is 0.348 e. The summed E-state index contributed by atoms with van der Waals surface area (Å²) in [4.78, 5) is 27.8. The zero-order valence-corrected chi connectivity index (χ0v) is 15.9. The van der Waals surface area contributed by atoms with Crippen LogP contribution in [0.4, 0.5) is 0 Å². The number of amides is 1. The maximum atomic E-state index is 12.2. The molecule has 0 N–H and O–H groups in total. The summed E-state index contributed by atoms with van der Waals surface area (Å²) in [7, 11) is 1.70. The Morgan fingerprint density at radius 2 is 1.96 bits per heavy atom. The third kappa shape index (κ3) is 4.43. The van der Waals surface area contributed by atoms with E-state index in [1.54, 1.807) is 11.9 Å². The van der Waals surface area contributed by atoms with E-state index in [9.17, 15) is 9.59 Å². The fourth-order valence-electron chi connectivity index (χ4n) is 2.96. The molecule has 0 unspecified atom stereocenters. The van der Waals surface area contributed by atoms with Crippen molar-refractivity contribution in [3.8, 4) is 5.75 Å². The van der Waals surface area contributed by atoms with Crippen LogP contribution in [0.5, 0.6) is 5.75 Å². The van der Waals surface area contributed by atoms with Gasteiger partial charge in [-0.05, 0) is 55.5 Å². The molecule has 0 saturated carbocycles. The second-order valence-electron chi connectivity index (χ2n) is 6.32. The topological polar surface area (TPSA) is 55.8 Å². The summed E-state index contributed by atoms with van der Waals surface area (Å²) in [5, 5.41) is 0. The lowest BCUT2D eigenvalue weighted by molar-refractivity contribution is -0.133. The molecule has 1 aromatic heterocycles. The highest BCUT2D eigenvalue weighted by molar-refractivity contribution is 7.14. The summed E-state index contributed by atoms with van der Waals surface area (Å²) in [6, 6.07) is 9.52. The van der Waals surface area contributed by atoms with Crippen molar-refractivity contribution < 1.29 is 19.1 Å². The molecule has 26 heavy (non-hydrogen) atoms. The van der Waals surface area contributed by atoms with Gasteiger partial charge in [0.25, 0.3) is 5.91 Å².